The number of amides is 2. The third-order valence-electron chi connectivity index (χ3n) is 4.78. The Balaban J connectivity index is 1.63. The number of hydrogen-bond acceptors (Lipinski definition) is 5. The van der Waals surface area contributed by atoms with Crippen LogP contribution in [0.3, 0.4) is 0 Å². The Morgan fingerprint density at radius 2 is 1.96 bits per heavy atom. The van der Waals surface area contributed by atoms with E-state index in [1.165, 1.54) is 0 Å². The molecular formula is C18H24ClN3O4. The molecule has 0 saturated carbocycles. The second-order valence-corrected chi connectivity index (χ2v) is 6.91. The van der Waals surface area contributed by atoms with Gasteiger partial charge in [0.15, 0.2) is 6.10 Å². The van der Waals surface area contributed by atoms with Crippen LogP contribution in [-0.2, 0) is 19.1 Å². The van der Waals surface area contributed by atoms with Crippen molar-refractivity contribution in [2.75, 3.05) is 53.0 Å². The van der Waals surface area contributed by atoms with Crippen molar-refractivity contribution in [1.82, 2.24) is 15.1 Å². The summed E-state index contributed by atoms with van der Waals surface area (Å²) in [6.45, 7) is 4.41. The third kappa shape index (κ3) is 4.54. The van der Waals surface area contributed by atoms with E-state index in [-0.39, 0.29) is 18.4 Å². The van der Waals surface area contributed by atoms with Crippen LogP contribution in [-0.4, -0.2) is 80.8 Å². The predicted octanol–water partition coefficient (Wildman–Crippen LogP) is 0.687. The van der Waals surface area contributed by atoms with E-state index in [1.54, 1.807) is 24.1 Å². The number of ether oxygens (including phenoxy) is 2. The number of halogens is 1. The van der Waals surface area contributed by atoms with E-state index in [1.807, 2.05) is 12.1 Å². The number of likely N-dealkylation sites (N-methyl/N-ethyl adjacent to an activating group) is 1. The van der Waals surface area contributed by atoms with Gasteiger partial charge in [-0.15, -0.1) is 0 Å². The Bertz CT molecular complexity index is 634. The number of nitrogens with one attached hydrogen (secondary N) is 1. The minimum absolute atomic E-state index is 0.0951. The van der Waals surface area contributed by atoms with Gasteiger partial charge in [-0.2, -0.15) is 0 Å². The Kier molecular flexibility index (Phi) is 6.48. The zero-order valence-electron chi connectivity index (χ0n) is 14.8. The average molecular weight is 382 g/mol. The van der Waals surface area contributed by atoms with Crippen molar-refractivity contribution in [2.24, 2.45) is 0 Å². The second-order valence-electron chi connectivity index (χ2n) is 6.48. The van der Waals surface area contributed by atoms with Crippen molar-refractivity contribution in [3.8, 4) is 0 Å². The van der Waals surface area contributed by atoms with E-state index in [2.05, 4.69) is 10.2 Å². The van der Waals surface area contributed by atoms with Gasteiger partial charge in [-0.25, -0.2) is 0 Å². The van der Waals surface area contributed by atoms with Gasteiger partial charge < -0.3 is 19.7 Å². The molecule has 142 valence electrons. The molecule has 2 atom stereocenters. The number of rotatable bonds is 5. The third-order valence-corrected chi connectivity index (χ3v) is 5.04. The first-order valence-corrected chi connectivity index (χ1v) is 9.14. The van der Waals surface area contributed by atoms with E-state index >= 15 is 0 Å². The van der Waals surface area contributed by atoms with Crippen LogP contribution < -0.4 is 5.32 Å². The zero-order chi connectivity index (χ0) is 18.5. The van der Waals surface area contributed by atoms with Crippen LogP contribution in [0, 0.1) is 0 Å². The number of hydrogen-bond donors (Lipinski definition) is 1. The number of carbonyl (C=O) groups is 2. The van der Waals surface area contributed by atoms with E-state index < -0.39 is 12.1 Å². The summed E-state index contributed by atoms with van der Waals surface area (Å²) < 4.78 is 10.9. The molecule has 26 heavy (non-hydrogen) atoms. The van der Waals surface area contributed by atoms with Gasteiger partial charge in [0.1, 0.15) is 6.61 Å². The molecule has 0 aliphatic carbocycles. The molecule has 0 radical (unpaired) electrons. The second kappa shape index (κ2) is 8.81. The first-order valence-electron chi connectivity index (χ1n) is 8.77. The SMILES string of the molecule is CN1C(=O)COC(C(=O)NCCN2CCOCC2)C1c1ccc(Cl)cc1. The summed E-state index contributed by atoms with van der Waals surface area (Å²) in [6, 6.07) is 6.66. The molecule has 2 aliphatic heterocycles. The van der Waals surface area contributed by atoms with Gasteiger partial charge in [-0.05, 0) is 17.7 Å². The fourth-order valence-corrected chi connectivity index (χ4v) is 3.38. The molecule has 1 aromatic rings. The molecule has 2 fully saturated rings. The lowest BCUT2D eigenvalue weighted by molar-refractivity contribution is -0.162. The smallest absolute Gasteiger partial charge is 0.251 e. The first kappa shape index (κ1) is 19.1. The summed E-state index contributed by atoms with van der Waals surface area (Å²) >= 11 is 5.95. The topological polar surface area (TPSA) is 71.1 Å². The summed E-state index contributed by atoms with van der Waals surface area (Å²) in [5.74, 6) is -0.361. The van der Waals surface area contributed by atoms with Crippen LogP contribution in [0.15, 0.2) is 24.3 Å². The lowest BCUT2D eigenvalue weighted by Gasteiger charge is -2.38. The minimum atomic E-state index is -0.747. The van der Waals surface area contributed by atoms with Crippen molar-refractivity contribution in [3.05, 3.63) is 34.9 Å². The lowest BCUT2D eigenvalue weighted by atomic mass is 9.97. The molecule has 1 aromatic carbocycles. The fourth-order valence-electron chi connectivity index (χ4n) is 3.25. The van der Waals surface area contributed by atoms with Crippen molar-refractivity contribution in [3.63, 3.8) is 0 Å². The predicted molar refractivity (Wildman–Crippen MR) is 97.0 cm³/mol. The normalized spacial score (nSPS) is 24.5. The number of morpholine rings is 2. The molecule has 0 aromatic heterocycles. The van der Waals surface area contributed by atoms with Crippen LogP contribution >= 0.6 is 11.6 Å². The average Bonchev–Trinajstić information content (AvgIpc) is 2.65. The molecular weight excluding hydrogens is 358 g/mol. The van der Waals surface area contributed by atoms with Crippen LogP contribution in [0.5, 0.6) is 0 Å². The Labute approximate surface area is 158 Å². The summed E-state index contributed by atoms with van der Waals surface area (Å²) in [7, 11) is 1.69. The van der Waals surface area contributed by atoms with Gasteiger partial charge in [0.25, 0.3) is 5.91 Å². The van der Waals surface area contributed by atoms with E-state index in [4.69, 9.17) is 21.1 Å². The van der Waals surface area contributed by atoms with E-state index in [0.29, 0.717) is 11.6 Å². The van der Waals surface area contributed by atoms with Crippen molar-refractivity contribution >= 4 is 23.4 Å². The summed E-state index contributed by atoms with van der Waals surface area (Å²) in [4.78, 5) is 28.6. The highest BCUT2D eigenvalue weighted by molar-refractivity contribution is 6.30. The van der Waals surface area contributed by atoms with E-state index in [9.17, 15) is 9.59 Å². The summed E-state index contributed by atoms with van der Waals surface area (Å²) in [5, 5.41) is 3.54. The summed E-state index contributed by atoms with van der Waals surface area (Å²) in [5.41, 5.74) is 0.818. The van der Waals surface area contributed by atoms with Crippen LogP contribution in [0.25, 0.3) is 0 Å². The maximum atomic E-state index is 12.7. The molecule has 2 amide bonds. The summed E-state index contributed by atoms with van der Waals surface area (Å²) in [6.07, 6.45) is -0.747. The van der Waals surface area contributed by atoms with Gasteiger partial charge in [0.2, 0.25) is 5.91 Å². The van der Waals surface area contributed by atoms with Gasteiger partial charge in [-0.1, -0.05) is 23.7 Å². The Hall–Kier alpha value is -1.67. The molecule has 2 unspecified atom stereocenters. The van der Waals surface area contributed by atoms with Crippen LogP contribution in [0.4, 0.5) is 0 Å². The minimum Gasteiger partial charge on any atom is -0.379 e. The van der Waals surface area contributed by atoms with E-state index in [0.717, 1.165) is 38.4 Å². The highest BCUT2D eigenvalue weighted by Crippen LogP contribution is 2.30. The number of benzene rings is 1. The molecule has 0 bridgehead atoms. The molecule has 8 heteroatoms. The maximum Gasteiger partial charge on any atom is 0.251 e. The molecule has 0 spiro atoms. The molecule has 3 rings (SSSR count). The molecule has 7 nitrogen and oxygen atoms in total. The number of nitrogens with zero attached hydrogens (tertiary/aromatic N) is 2. The largest absolute Gasteiger partial charge is 0.379 e. The number of carbonyl (C=O) groups excluding carboxylic acids is 2. The Morgan fingerprint density at radius 1 is 1.27 bits per heavy atom. The molecule has 2 aliphatic rings. The van der Waals surface area contributed by atoms with Gasteiger partial charge in [0.05, 0.1) is 19.3 Å². The Morgan fingerprint density at radius 3 is 2.65 bits per heavy atom. The standard InChI is InChI=1S/C18H24ClN3O4/c1-21-15(23)12-26-17(16(21)13-2-4-14(19)5-3-13)18(24)20-6-7-22-8-10-25-11-9-22/h2-5,16-17H,6-12H2,1H3,(H,20,24). The molecule has 2 saturated heterocycles. The van der Waals surface area contributed by atoms with Gasteiger partial charge in [-0.3, -0.25) is 14.5 Å². The lowest BCUT2D eigenvalue weighted by Crippen LogP contribution is -2.53. The molecule has 1 N–H and O–H groups in total. The monoisotopic (exact) mass is 381 g/mol. The first-order chi connectivity index (χ1) is 12.6. The van der Waals surface area contributed by atoms with Crippen LogP contribution in [0.2, 0.25) is 5.02 Å². The van der Waals surface area contributed by atoms with Gasteiger partial charge in [0, 0.05) is 38.2 Å². The van der Waals surface area contributed by atoms with Gasteiger partial charge >= 0.3 is 0 Å². The molecule has 2 heterocycles. The van der Waals surface area contributed by atoms with Crippen molar-refractivity contribution in [1.29, 1.82) is 0 Å². The maximum absolute atomic E-state index is 12.7. The highest BCUT2D eigenvalue weighted by atomic mass is 35.5. The van der Waals surface area contributed by atoms with Crippen molar-refractivity contribution < 1.29 is 19.1 Å². The quantitative estimate of drug-likeness (QED) is 0.812. The van der Waals surface area contributed by atoms with Crippen LogP contribution in [0.1, 0.15) is 11.6 Å². The van der Waals surface area contributed by atoms with Crippen molar-refractivity contribution in [2.45, 2.75) is 12.1 Å². The fraction of sp³-hybridized carbons (Fsp3) is 0.556. The highest BCUT2D eigenvalue weighted by Gasteiger charge is 2.39. The zero-order valence-corrected chi connectivity index (χ0v) is 15.6.